The minimum Gasteiger partial charge on any atom is -0.472 e. The summed E-state index contributed by atoms with van der Waals surface area (Å²) in [6.07, 6.45) is 0.345. The Morgan fingerprint density at radius 3 is 2.96 bits per heavy atom. The van der Waals surface area contributed by atoms with Gasteiger partial charge in [0.1, 0.15) is 5.82 Å². The maximum atomic E-state index is 13.4. The molecule has 2 N–H and O–H groups in total. The SMILES string of the molecule is O=C(NCc1ccnc(OCC(F)F)c1)NC1CCc2ccc(F)cc21. The summed E-state index contributed by atoms with van der Waals surface area (Å²) in [5.74, 6) is -0.254. The van der Waals surface area contributed by atoms with Gasteiger partial charge in [0.05, 0.1) is 6.04 Å². The van der Waals surface area contributed by atoms with Gasteiger partial charge in [0.25, 0.3) is 6.43 Å². The zero-order valence-electron chi connectivity index (χ0n) is 13.8. The third-order valence-corrected chi connectivity index (χ3v) is 4.10. The number of alkyl halides is 2. The molecule has 0 bridgehead atoms. The van der Waals surface area contributed by atoms with Gasteiger partial charge in [0.15, 0.2) is 6.61 Å². The highest BCUT2D eigenvalue weighted by Gasteiger charge is 2.24. The molecule has 5 nitrogen and oxygen atoms in total. The Morgan fingerprint density at radius 2 is 2.15 bits per heavy atom. The first kappa shape index (κ1) is 18.0. The van der Waals surface area contributed by atoms with E-state index in [2.05, 4.69) is 15.6 Å². The van der Waals surface area contributed by atoms with Crippen molar-refractivity contribution >= 4 is 6.03 Å². The Bertz CT molecular complexity index is 786. The van der Waals surface area contributed by atoms with Gasteiger partial charge in [-0.2, -0.15) is 0 Å². The maximum Gasteiger partial charge on any atom is 0.315 e. The first-order chi connectivity index (χ1) is 12.5. The van der Waals surface area contributed by atoms with E-state index in [1.54, 1.807) is 12.1 Å². The Kier molecular flexibility index (Phi) is 5.60. The van der Waals surface area contributed by atoms with Gasteiger partial charge in [-0.1, -0.05) is 6.07 Å². The first-order valence-corrected chi connectivity index (χ1v) is 8.20. The van der Waals surface area contributed by atoms with Gasteiger partial charge in [-0.15, -0.1) is 0 Å². The number of carbonyl (C=O) groups excluding carboxylic acids is 1. The number of urea groups is 1. The van der Waals surface area contributed by atoms with Gasteiger partial charge in [-0.25, -0.2) is 22.9 Å². The summed E-state index contributed by atoms with van der Waals surface area (Å²) in [5.41, 5.74) is 2.50. The average molecular weight is 365 g/mol. The van der Waals surface area contributed by atoms with Crippen LogP contribution in [0.3, 0.4) is 0 Å². The number of nitrogens with zero attached hydrogens (tertiary/aromatic N) is 1. The third-order valence-electron chi connectivity index (χ3n) is 4.10. The zero-order chi connectivity index (χ0) is 18.5. The van der Waals surface area contributed by atoms with Crippen LogP contribution in [0, 0.1) is 5.82 Å². The number of benzene rings is 1. The van der Waals surface area contributed by atoms with Crippen LogP contribution in [0.5, 0.6) is 5.88 Å². The number of halogens is 3. The molecule has 26 heavy (non-hydrogen) atoms. The minimum absolute atomic E-state index is 0.0743. The van der Waals surface area contributed by atoms with E-state index in [-0.39, 0.29) is 30.3 Å². The fourth-order valence-corrected chi connectivity index (χ4v) is 2.90. The van der Waals surface area contributed by atoms with Gasteiger partial charge in [-0.05, 0) is 47.7 Å². The highest BCUT2D eigenvalue weighted by atomic mass is 19.3. The zero-order valence-corrected chi connectivity index (χ0v) is 13.8. The van der Waals surface area contributed by atoms with E-state index in [1.165, 1.54) is 24.4 Å². The molecule has 0 fully saturated rings. The lowest BCUT2D eigenvalue weighted by Crippen LogP contribution is -2.36. The molecule has 0 saturated carbocycles. The Hall–Kier alpha value is -2.77. The minimum atomic E-state index is -2.58. The lowest BCUT2D eigenvalue weighted by molar-refractivity contribution is 0.0795. The van der Waals surface area contributed by atoms with Crippen molar-refractivity contribution in [2.75, 3.05) is 6.61 Å². The van der Waals surface area contributed by atoms with Gasteiger partial charge >= 0.3 is 6.03 Å². The molecular formula is C18H18F3N3O2. The molecule has 3 rings (SSSR count). The molecule has 2 amide bonds. The summed E-state index contributed by atoms with van der Waals surface area (Å²) in [6, 6.07) is 7.11. The van der Waals surface area contributed by atoms with Crippen LogP contribution in [0.1, 0.15) is 29.2 Å². The maximum absolute atomic E-state index is 13.4. The van der Waals surface area contributed by atoms with Crippen molar-refractivity contribution < 1.29 is 22.7 Å². The number of ether oxygens (including phenoxy) is 1. The number of hydrogen-bond donors (Lipinski definition) is 2. The number of nitrogens with one attached hydrogen (secondary N) is 2. The van der Waals surface area contributed by atoms with E-state index in [0.29, 0.717) is 12.0 Å². The van der Waals surface area contributed by atoms with Gasteiger partial charge < -0.3 is 15.4 Å². The van der Waals surface area contributed by atoms with E-state index in [0.717, 1.165) is 17.5 Å². The summed E-state index contributed by atoms with van der Waals surface area (Å²) in [7, 11) is 0. The van der Waals surface area contributed by atoms with Crippen LogP contribution in [0.2, 0.25) is 0 Å². The highest BCUT2D eigenvalue weighted by molar-refractivity contribution is 5.74. The summed E-state index contributed by atoms with van der Waals surface area (Å²) < 4.78 is 42.6. The Balaban J connectivity index is 1.52. The fraction of sp³-hybridized carbons (Fsp3) is 0.333. The second-order valence-corrected chi connectivity index (χ2v) is 5.97. The van der Waals surface area contributed by atoms with Gasteiger partial charge in [0.2, 0.25) is 5.88 Å². The molecule has 1 atom stereocenters. The number of aromatic nitrogens is 1. The predicted molar refractivity (Wildman–Crippen MR) is 88.6 cm³/mol. The van der Waals surface area contributed by atoms with Crippen LogP contribution in [0.25, 0.3) is 0 Å². The van der Waals surface area contributed by atoms with Crippen molar-refractivity contribution in [3.8, 4) is 5.88 Å². The smallest absolute Gasteiger partial charge is 0.315 e. The summed E-state index contributed by atoms with van der Waals surface area (Å²) >= 11 is 0. The van der Waals surface area contributed by atoms with Gasteiger partial charge in [-0.3, -0.25) is 0 Å². The van der Waals surface area contributed by atoms with Crippen molar-refractivity contribution in [1.29, 1.82) is 0 Å². The highest BCUT2D eigenvalue weighted by Crippen LogP contribution is 2.31. The second-order valence-electron chi connectivity index (χ2n) is 5.97. The molecule has 0 spiro atoms. The molecule has 138 valence electrons. The normalized spacial score (nSPS) is 15.6. The number of hydrogen-bond acceptors (Lipinski definition) is 3. The molecule has 0 aliphatic heterocycles. The lowest BCUT2D eigenvalue weighted by atomic mass is 10.1. The lowest BCUT2D eigenvalue weighted by Gasteiger charge is -2.15. The summed E-state index contributed by atoms with van der Waals surface area (Å²) in [6.45, 7) is -0.551. The Labute approximate surface area is 148 Å². The van der Waals surface area contributed by atoms with Crippen LogP contribution >= 0.6 is 0 Å². The van der Waals surface area contributed by atoms with E-state index < -0.39 is 13.0 Å². The average Bonchev–Trinajstić information content (AvgIpc) is 3.00. The quantitative estimate of drug-likeness (QED) is 0.825. The molecule has 1 aromatic carbocycles. The largest absolute Gasteiger partial charge is 0.472 e. The van der Waals surface area contributed by atoms with E-state index in [1.807, 2.05) is 0 Å². The molecule has 2 aromatic rings. The number of carbonyl (C=O) groups is 1. The van der Waals surface area contributed by atoms with E-state index in [9.17, 15) is 18.0 Å². The van der Waals surface area contributed by atoms with E-state index >= 15 is 0 Å². The number of fused-ring (bicyclic) bond motifs is 1. The number of rotatable bonds is 6. The summed E-state index contributed by atoms with van der Waals surface area (Å²) in [4.78, 5) is 15.9. The van der Waals surface area contributed by atoms with Crippen molar-refractivity contribution in [3.63, 3.8) is 0 Å². The molecular weight excluding hydrogens is 347 g/mol. The van der Waals surface area contributed by atoms with Crippen LogP contribution in [0.4, 0.5) is 18.0 Å². The van der Waals surface area contributed by atoms with Crippen molar-refractivity contribution in [3.05, 3.63) is 59.0 Å². The van der Waals surface area contributed by atoms with Crippen molar-refractivity contribution in [1.82, 2.24) is 15.6 Å². The Morgan fingerprint density at radius 1 is 1.31 bits per heavy atom. The van der Waals surface area contributed by atoms with Crippen molar-refractivity contribution in [2.24, 2.45) is 0 Å². The second kappa shape index (κ2) is 8.07. The van der Waals surface area contributed by atoms with Crippen LogP contribution in [-0.4, -0.2) is 24.0 Å². The molecule has 0 saturated heterocycles. The molecule has 8 heteroatoms. The van der Waals surface area contributed by atoms with Crippen LogP contribution in [0.15, 0.2) is 36.5 Å². The third kappa shape index (κ3) is 4.65. The molecule has 0 radical (unpaired) electrons. The number of aryl methyl sites for hydroxylation is 1. The first-order valence-electron chi connectivity index (χ1n) is 8.20. The number of pyridine rings is 1. The molecule has 1 aromatic heterocycles. The fourth-order valence-electron chi connectivity index (χ4n) is 2.90. The van der Waals surface area contributed by atoms with Crippen molar-refractivity contribution in [2.45, 2.75) is 31.9 Å². The molecule has 1 heterocycles. The standard InChI is InChI=1S/C18H18F3N3O2/c19-13-3-1-12-2-4-15(14(12)8-13)24-18(25)23-9-11-5-6-22-17(7-11)26-10-16(20)21/h1,3,5-8,15-16H,2,4,9-10H2,(H2,23,24,25). The van der Waals surface area contributed by atoms with Crippen LogP contribution in [-0.2, 0) is 13.0 Å². The summed E-state index contributed by atoms with van der Waals surface area (Å²) in [5, 5.41) is 5.51. The monoisotopic (exact) mass is 365 g/mol. The molecule has 1 aliphatic carbocycles. The van der Waals surface area contributed by atoms with Gasteiger partial charge in [0, 0.05) is 18.8 Å². The topological polar surface area (TPSA) is 63.2 Å². The number of amides is 2. The molecule has 1 unspecified atom stereocenters. The predicted octanol–water partition coefficient (Wildman–Crippen LogP) is 3.35. The van der Waals surface area contributed by atoms with E-state index in [4.69, 9.17) is 4.74 Å². The molecule has 1 aliphatic rings. The van der Waals surface area contributed by atoms with Crippen LogP contribution < -0.4 is 15.4 Å².